The molecule has 0 amide bonds. The van der Waals surface area contributed by atoms with Crippen molar-refractivity contribution in [2.24, 2.45) is 0 Å². The summed E-state index contributed by atoms with van der Waals surface area (Å²) in [7, 11) is -1.99. The molecule has 1 aromatic heterocycles. The Hall–Kier alpha value is -1.72. The van der Waals surface area contributed by atoms with E-state index < -0.39 is 13.9 Å². The van der Waals surface area contributed by atoms with Crippen molar-refractivity contribution in [2.75, 3.05) is 0 Å². The first-order valence-corrected chi connectivity index (χ1v) is 15.5. The Morgan fingerprint density at radius 1 is 0.906 bits per heavy atom. The van der Waals surface area contributed by atoms with Gasteiger partial charge < -0.3 is 9.53 Å². The highest BCUT2D eigenvalue weighted by Crippen LogP contribution is 2.47. The van der Waals surface area contributed by atoms with Crippen molar-refractivity contribution in [2.45, 2.75) is 76.8 Å². The Morgan fingerprint density at radius 3 is 1.91 bits per heavy atom. The highest BCUT2D eigenvalue weighted by Gasteiger charge is 2.42. The van der Waals surface area contributed by atoms with Gasteiger partial charge >= 0.3 is 0 Å². The molecule has 4 heteroatoms. The summed E-state index contributed by atoms with van der Waals surface area (Å²) in [6.07, 6.45) is 3.17. The van der Waals surface area contributed by atoms with Crippen LogP contribution in [0.1, 0.15) is 74.6 Å². The monoisotopic (exact) mass is 466 g/mol. The zero-order chi connectivity index (χ0) is 23.4. The number of benzene rings is 2. The van der Waals surface area contributed by atoms with Crippen molar-refractivity contribution in [3.05, 3.63) is 93.7 Å². The van der Waals surface area contributed by atoms with Crippen LogP contribution in [0.4, 0.5) is 0 Å². The molecule has 2 nitrogen and oxygen atoms in total. The lowest BCUT2D eigenvalue weighted by Gasteiger charge is -2.40. The van der Waals surface area contributed by atoms with Crippen molar-refractivity contribution in [3.8, 4) is 0 Å². The Balaban J connectivity index is 2.15. The van der Waals surface area contributed by atoms with Crippen LogP contribution in [0.3, 0.4) is 0 Å². The topological polar surface area (TPSA) is 29.5 Å². The van der Waals surface area contributed by atoms with E-state index in [1.807, 2.05) is 60.7 Å². The van der Waals surface area contributed by atoms with Gasteiger partial charge in [0.05, 0.1) is 11.0 Å². The van der Waals surface area contributed by atoms with Crippen LogP contribution in [-0.2, 0) is 10.0 Å². The zero-order valence-electron chi connectivity index (χ0n) is 20.4. The standard InChI is InChI=1S/C28H38O2SSi/c1-7-8-19-25(30-32(5,6)27(2,3)4)24-20-21-31-26(24)28(29,22-15-11-9-12-16-22)23-17-13-10-14-18-23/h9-18,20-21,25,29H,7-8,19H2,1-6H3. The van der Waals surface area contributed by atoms with Gasteiger partial charge in [-0.1, -0.05) is 101 Å². The van der Waals surface area contributed by atoms with Crippen LogP contribution >= 0.6 is 11.3 Å². The number of unbranched alkanes of at least 4 members (excludes halogenated alkanes) is 1. The van der Waals surface area contributed by atoms with Gasteiger partial charge in [0.15, 0.2) is 8.32 Å². The first-order chi connectivity index (χ1) is 15.1. The maximum atomic E-state index is 12.4. The van der Waals surface area contributed by atoms with Gasteiger partial charge in [-0.25, -0.2) is 0 Å². The molecule has 172 valence electrons. The average Bonchev–Trinajstić information content (AvgIpc) is 3.27. The minimum absolute atomic E-state index is 0.0176. The van der Waals surface area contributed by atoms with Gasteiger partial charge in [-0.15, -0.1) is 11.3 Å². The predicted molar refractivity (Wildman–Crippen MR) is 140 cm³/mol. The molecule has 2 aromatic carbocycles. The highest BCUT2D eigenvalue weighted by molar-refractivity contribution is 7.10. The maximum absolute atomic E-state index is 12.4. The van der Waals surface area contributed by atoms with Crippen molar-refractivity contribution in [1.29, 1.82) is 0 Å². The van der Waals surface area contributed by atoms with E-state index in [2.05, 4.69) is 52.2 Å². The number of hydrogen-bond donors (Lipinski definition) is 1. The Kier molecular flexibility index (Phi) is 7.82. The summed E-state index contributed by atoms with van der Waals surface area (Å²) in [6.45, 7) is 13.7. The zero-order valence-corrected chi connectivity index (χ0v) is 22.2. The molecule has 0 aliphatic heterocycles. The minimum Gasteiger partial charge on any atom is -0.410 e. The van der Waals surface area contributed by atoms with Crippen molar-refractivity contribution >= 4 is 19.7 Å². The molecular weight excluding hydrogens is 428 g/mol. The van der Waals surface area contributed by atoms with Crippen LogP contribution in [0.25, 0.3) is 0 Å². The third kappa shape index (κ3) is 5.09. The molecule has 0 saturated heterocycles. The third-order valence-electron chi connectivity index (χ3n) is 6.82. The van der Waals surface area contributed by atoms with Gasteiger partial charge in [-0.3, -0.25) is 0 Å². The highest BCUT2D eigenvalue weighted by atomic mass is 32.1. The second-order valence-corrected chi connectivity index (χ2v) is 15.8. The number of rotatable bonds is 9. The summed E-state index contributed by atoms with van der Waals surface area (Å²) in [4.78, 5) is 0.967. The molecule has 0 bridgehead atoms. The van der Waals surface area contributed by atoms with Crippen molar-refractivity contribution in [1.82, 2.24) is 0 Å². The summed E-state index contributed by atoms with van der Waals surface area (Å²) >= 11 is 1.63. The molecule has 1 unspecified atom stereocenters. The van der Waals surface area contributed by atoms with Crippen LogP contribution in [0.2, 0.25) is 18.1 Å². The molecular formula is C28H38O2SSi. The Morgan fingerprint density at radius 2 is 1.44 bits per heavy atom. The first-order valence-electron chi connectivity index (χ1n) is 11.7. The third-order valence-corrected chi connectivity index (χ3v) is 12.3. The molecule has 1 N–H and O–H groups in total. The molecule has 1 atom stereocenters. The average molecular weight is 467 g/mol. The van der Waals surface area contributed by atoms with E-state index in [0.29, 0.717) is 0 Å². The molecule has 0 aliphatic carbocycles. The summed E-state index contributed by atoms with van der Waals surface area (Å²) in [5.74, 6) is 0. The maximum Gasteiger partial charge on any atom is 0.192 e. The smallest absolute Gasteiger partial charge is 0.192 e. The molecule has 32 heavy (non-hydrogen) atoms. The Bertz CT molecular complexity index is 934. The van der Waals surface area contributed by atoms with E-state index in [0.717, 1.165) is 40.8 Å². The first kappa shape index (κ1) is 24.9. The van der Waals surface area contributed by atoms with Gasteiger partial charge in [-0.2, -0.15) is 0 Å². The lowest BCUT2D eigenvalue weighted by Crippen LogP contribution is -2.42. The second kappa shape index (κ2) is 10.0. The van der Waals surface area contributed by atoms with Gasteiger partial charge in [0.25, 0.3) is 0 Å². The lowest BCUT2D eigenvalue weighted by atomic mass is 9.82. The normalized spacial score (nSPS) is 13.8. The fraction of sp³-hybridized carbons (Fsp3) is 0.429. The largest absolute Gasteiger partial charge is 0.410 e. The van der Waals surface area contributed by atoms with E-state index in [4.69, 9.17) is 4.43 Å². The van der Waals surface area contributed by atoms with E-state index in [9.17, 15) is 5.11 Å². The molecule has 0 spiro atoms. The molecule has 3 aromatic rings. The van der Waals surface area contributed by atoms with Crippen molar-refractivity contribution in [3.63, 3.8) is 0 Å². The molecule has 0 radical (unpaired) electrons. The molecule has 1 heterocycles. The van der Waals surface area contributed by atoms with Crippen molar-refractivity contribution < 1.29 is 9.53 Å². The Labute approximate surface area is 199 Å². The quantitative estimate of drug-likeness (QED) is 0.321. The minimum atomic E-state index is -1.99. The van der Waals surface area contributed by atoms with Gasteiger partial charge in [-0.05, 0) is 52.7 Å². The van der Waals surface area contributed by atoms with E-state index >= 15 is 0 Å². The molecule has 3 rings (SSSR count). The van der Waals surface area contributed by atoms with Crippen LogP contribution in [-0.4, -0.2) is 13.4 Å². The molecule has 0 fully saturated rings. The van der Waals surface area contributed by atoms with Gasteiger partial charge in [0.1, 0.15) is 5.60 Å². The van der Waals surface area contributed by atoms with Gasteiger partial charge in [0, 0.05) is 0 Å². The summed E-state index contributed by atoms with van der Waals surface area (Å²) in [6, 6.07) is 22.2. The van der Waals surface area contributed by atoms with Crippen LogP contribution in [0, 0.1) is 0 Å². The van der Waals surface area contributed by atoms with Crippen LogP contribution in [0.15, 0.2) is 72.1 Å². The van der Waals surface area contributed by atoms with Crippen LogP contribution in [0.5, 0.6) is 0 Å². The van der Waals surface area contributed by atoms with Gasteiger partial charge in [0.2, 0.25) is 0 Å². The van der Waals surface area contributed by atoms with E-state index in [1.54, 1.807) is 11.3 Å². The molecule has 0 aliphatic rings. The molecule has 0 saturated carbocycles. The summed E-state index contributed by atoms with van der Waals surface area (Å²) in [5, 5.41) is 14.6. The van der Waals surface area contributed by atoms with E-state index in [-0.39, 0.29) is 11.1 Å². The predicted octanol–water partition coefficient (Wildman–Crippen LogP) is 8.29. The summed E-state index contributed by atoms with van der Waals surface area (Å²) < 4.78 is 6.99. The van der Waals surface area contributed by atoms with E-state index in [1.165, 1.54) is 0 Å². The number of aliphatic hydroxyl groups is 1. The fourth-order valence-electron chi connectivity index (χ4n) is 3.85. The fourth-order valence-corrected chi connectivity index (χ4v) is 6.26. The summed E-state index contributed by atoms with van der Waals surface area (Å²) in [5.41, 5.74) is 1.68. The van der Waals surface area contributed by atoms with Crippen LogP contribution < -0.4 is 0 Å². The SMILES string of the molecule is CCCCC(O[Si](C)(C)C(C)(C)C)c1ccsc1C(O)(c1ccccc1)c1ccccc1. The number of thiophene rings is 1. The number of hydrogen-bond acceptors (Lipinski definition) is 3. The lowest BCUT2D eigenvalue weighted by molar-refractivity contribution is 0.120. The second-order valence-electron chi connectivity index (χ2n) is 10.2.